The Labute approximate surface area is 137 Å². The fourth-order valence-electron chi connectivity index (χ4n) is 2.10. The van der Waals surface area contributed by atoms with Gasteiger partial charge in [-0.2, -0.15) is 10.2 Å². The van der Waals surface area contributed by atoms with E-state index in [-0.39, 0.29) is 17.1 Å². The summed E-state index contributed by atoms with van der Waals surface area (Å²) < 4.78 is 2.61. The summed E-state index contributed by atoms with van der Waals surface area (Å²) in [4.78, 5) is 35.4. The molecule has 0 saturated carbocycles. The molecular formula is C14H18N6O4. The summed E-state index contributed by atoms with van der Waals surface area (Å²) in [7, 11) is 1.46. The Morgan fingerprint density at radius 2 is 2.08 bits per heavy atom. The smallest absolute Gasteiger partial charge is 0.354 e. The molecule has 1 unspecified atom stereocenters. The molecule has 2 aromatic heterocycles. The van der Waals surface area contributed by atoms with E-state index in [1.165, 1.54) is 37.1 Å². The molecule has 0 aliphatic heterocycles. The fraction of sp³-hybridized carbons (Fsp3) is 0.357. The van der Waals surface area contributed by atoms with Gasteiger partial charge in [-0.05, 0) is 19.9 Å². The number of carboxylic acids is 1. The second kappa shape index (κ2) is 6.94. The molecule has 2 heterocycles. The zero-order valence-corrected chi connectivity index (χ0v) is 13.5. The zero-order valence-electron chi connectivity index (χ0n) is 13.5. The molecule has 0 bridgehead atoms. The highest BCUT2D eigenvalue weighted by atomic mass is 16.4. The topological polar surface area (TPSA) is 131 Å². The van der Waals surface area contributed by atoms with Crippen LogP contribution in [0.15, 0.2) is 18.5 Å². The maximum absolute atomic E-state index is 12.4. The molecule has 2 amide bonds. The molecule has 0 aliphatic carbocycles. The quantitative estimate of drug-likeness (QED) is 0.699. The summed E-state index contributed by atoms with van der Waals surface area (Å²) in [5.74, 6) is -2.13. The van der Waals surface area contributed by atoms with Gasteiger partial charge in [-0.1, -0.05) is 0 Å². The van der Waals surface area contributed by atoms with E-state index < -0.39 is 23.8 Å². The number of rotatable bonds is 6. The summed E-state index contributed by atoms with van der Waals surface area (Å²) in [5.41, 5.74) is 0.226. The van der Waals surface area contributed by atoms with E-state index in [0.29, 0.717) is 6.54 Å². The number of anilines is 1. The Kier molecular flexibility index (Phi) is 4.97. The van der Waals surface area contributed by atoms with E-state index in [9.17, 15) is 14.4 Å². The highest BCUT2D eigenvalue weighted by Crippen LogP contribution is 2.17. The molecule has 0 saturated heterocycles. The van der Waals surface area contributed by atoms with Crippen molar-refractivity contribution in [3.8, 4) is 0 Å². The van der Waals surface area contributed by atoms with E-state index in [2.05, 4.69) is 20.8 Å². The minimum absolute atomic E-state index is 0.0822. The number of hydrogen-bond donors (Lipinski definition) is 3. The SMILES string of the molecule is CCn1cc(NC(=O)C(C)n2nccc2C(=O)O)c(C(=O)NC)n1. The lowest BCUT2D eigenvalue weighted by Crippen LogP contribution is -2.28. The third kappa shape index (κ3) is 3.26. The predicted octanol–water partition coefficient (Wildman–Crippen LogP) is 0.357. The lowest BCUT2D eigenvalue weighted by molar-refractivity contribution is -0.119. The van der Waals surface area contributed by atoms with Gasteiger partial charge in [-0.3, -0.25) is 14.3 Å². The van der Waals surface area contributed by atoms with Crippen molar-refractivity contribution in [1.29, 1.82) is 0 Å². The number of aryl methyl sites for hydroxylation is 1. The highest BCUT2D eigenvalue weighted by molar-refractivity contribution is 6.03. The molecule has 10 nitrogen and oxygen atoms in total. The first kappa shape index (κ1) is 17.2. The maximum atomic E-state index is 12.4. The average molecular weight is 334 g/mol. The van der Waals surface area contributed by atoms with Crippen LogP contribution in [0.25, 0.3) is 0 Å². The van der Waals surface area contributed by atoms with Gasteiger partial charge < -0.3 is 15.7 Å². The number of nitrogens with zero attached hydrogens (tertiary/aromatic N) is 4. The second-order valence-corrected chi connectivity index (χ2v) is 4.96. The summed E-state index contributed by atoms with van der Waals surface area (Å²) in [6, 6.07) is 0.422. The highest BCUT2D eigenvalue weighted by Gasteiger charge is 2.24. The zero-order chi connectivity index (χ0) is 17.9. The standard InChI is InChI=1S/C14H18N6O4/c1-4-19-7-9(11(18-19)13(22)15-3)17-12(21)8(2)20-10(14(23)24)5-6-16-20/h5-8H,4H2,1-3H3,(H,15,22)(H,17,21)(H,23,24). The molecule has 24 heavy (non-hydrogen) atoms. The molecule has 0 fully saturated rings. The summed E-state index contributed by atoms with van der Waals surface area (Å²) in [6.45, 7) is 3.88. The first-order valence-corrected chi connectivity index (χ1v) is 7.26. The van der Waals surface area contributed by atoms with Crippen LogP contribution in [0.2, 0.25) is 0 Å². The third-order valence-electron chi connectivity index (χ3n) is 3.42. The van der Waals surface area contributed by atoms with Gasteiger partial charge in [0.15, 0.2) is 5.69 Å². The molecule has 0 spiro atoms. The van der Waals surface area contributed by atoms with Crippen LogP contribution in [0.3, 0.4) is 0 Å². The molecule has 1 atom stereocenters. The third-order valence-corrected chi connectivity index (χ3v) is 3.42. The molecule has 3 N–H and O–H groups in total. The molecule has 2 aromatic rings. The predicted molar refractivity (Wildman–Crippen MR) is 83.8 cm³/mol. The lowest BCUT2D eigenvalue weighted by atomic mass is 10.2. The molecule has 0 aliphatic rings. The van der Waals surface area contributed by atoms with Crippen LogP contribution >= 0.6 is 0 Å². The molecule has 128 valence electrons. The number of aromatic carboxylic acids is 1. The van der Waals surface area contributed by atoms with Crippen LogP contribution in [-0.4, -0.2) is 49.5 Å². The van der Waals surface area contributed by atoms with E-state index in [4.69, 9.17) is 5.11 Å². The summed E-state index contributed by atoms with van der Waals surface area (Å²) >= 11 is 0. The van der Waals surface area contributed by atoms with Crippen LogP contribution in [0.5, 0.6) is 0 Å². The van der Waals surface area contributed by atoms with Crippen LogP contribution in [-0.2, 0) is 11.3 Å². The fourth-order valence-corrected chi connectivity index (χ4v) is 2.10. The van der Waals surface area contributed by atoms with Crippen LogP contribution < -0.4 is 10.6 Å². The second-order valence-electron chi connectivity index (χ2n) is 4.96. The van der Waals surface area contributed by atoms with Crippen LogP contribution in [0, 0.1) is 0 Å². The largest absolute Gasteiger partial charge is 0.477 e. The van der Waals surface area contributed by atoms with Gasteiger partial charge >= 0.3 is 5.97 Å². The Bertz CT molecular complexity index is 778. The monoisotopic (exact) mass is 334 g/mol. The Morgan fingerprint density at radius 1 is 1.38 bits per heavy atom. The summed E-state index contributed by atoms with van der Waals surface area (Å²) in [6.07, 6.45) is 2.84. The van der Waals surface area contributed by atoms with Crippen molar-refractivity contribution in [1.82, 2.24) is 24.9 Å². The number of nitrogens with one attached hydrogen (secondary N) is 2. The van der Waals surface area contributed by atoms with Crippen molar-refractivity contribution < 1.29 is 19.5 Å². The van der Waals surface area contributed by atoms with Gasteiger partial charge in [0.1, 0.15) is 11.7 Å². The van der Waals surface area contributed by atoms with Gasteiger partial charge in [-0.25, -0.2) is 9.48 Å². The number of hydrogen-bond acceptors (Lipinski definition) is 5. The maximum Gasteiger partial charge on any atom is 0.354 e. The number of carboxylic acid groups (broad SMARTS) is 1. The van der Waals surface area contributed by atoms with Crippen molar-refractivity contribution in [3.63, 3.8) is 0 Å². The Balaban J connectivity index is 2.26. The van der Waals surface area contributed by atoms with Crippen molar-refractivity contribution in [3.05, 3.63) is 29.8 Å². The van der Waals surface area contributed by atoms with Crippen molar-refractivity contribution in [2.45, 2.75) is 26.4 Å². The van der Waals surface area contributed by atoms with Crippen molar-refractivity contribution in [2.75, 3.05) is 12.4 Å². The Morgan fingerprint density at radius 3 is 2.67 bits per heavy atom. The van der Waals surface area contributed by atoms with E-state index >= 15 is 0 Å². The average Bonchev–Trinajstić information content (AvgIpc) is 3.20. The Hall–Kier alpha value is -3.17. The first-order chi connectivity index (χ1) is 11.4. The van der Waals surface area contributed by atoms with E-state index in [1.807, 2.05) is 6.92 Å². The molecule has 10 heteroatoms. The van der Waals surface area contributed by atoms with Gasteiger partial charge in [0.2, 0.25) is 5.91 Å². The molecule has 2 rings (SSSR count). The molecule has 0 aromatic carbocycles. The van der Waals surface area contributed by atoms with Crippen LogP contribution in [0.1, 0.15) is 40.9 Å². The number of carbonyl (C=O) groups excluding carboxylic acids is 2. The van der Waals surface area contributed by atoms with Gasteiger partial charge in [0.25, 0.3) is 5.91 Å². The number of carbonyl (C=O) groups is 3. The minimum Gasteiger partial charge on any atom is -0.477 e. The van der Waals surface area contributed by atoms with Gasteiger partial charge in [0, 0.05) is 26.0 Å². The lowest BCUT2D eigenvalue weighted by Gasteiger charge is -2.14. The van der Waals surface area contributed by atoms with E-state index in [0.717, 1.165) is 4.68 Å². The number of amides is 2. The number of aromatic nitrogens is 4. The van der Waals surface area contributed by atoms with Gasteiger partial charge in [0.05, 0.1) is 5.69 Å². The first-order valence-electron chi connectivity index (χ1n) is 7.26. The molecule has 0 radical (unpaired) electrons. The minimum atomic E-state index is -1.18. The normalized spacial score (nSPS) is 11.8. The molecular weight excluding hydrogens is 316 g/mol. The van der Waals surface area contributed by atoms with Gasteiger partial charge in [-0.15, -0.1) is 0 Å². The van der Waals surface area contributed by atoms with Crippen molar-refractivity contribution >= 4 is 23.5 Å². The van der Waals surface area contributed by atoms with Crippen molar-refractivity contribution in [2.24, 2.45) is 0 Å². The van der Waals surface area contributed by atoms with E-state index in [1.54, 1.807) is 0 Å². The van der Waals surface area contributed by atoms with Crippen LogP contribution in [0.4, 0.5) is 5.69 Å². The summed E-state index contributed by atoms with van der Waals surface area (Å²) in [5, 5.41) is 22.1.